The third-order valence-electron chi connectivity index (χ3n) is 2.85. The Morgan fingerprint density at radius 1 is 1.57 bits per heavy atom. The number of anilines is 1. The number of nitrogens with zero attached hydrogens (tertiary/aromatic N) is 1. The van der Waals surface area contributed by atoms with E-state index in [0.29, 0.717) is 0 Å². The Hall–Kier alpha value is -0.540. The quantitative estimate of drug-likeness (QED) is 0.833. The van der Waals surface area contributed by atoms with E-state index >= 15 is 0 Å². The van der Waals surface area contributed by atoms with E-state index < -0.39 is 0 Å². The van der Waals surface area contributed by atoms with Gasteiger partial charge in [-0.25, -0.2) is 0 Å². The third kappa shape index (κ3) is 1.55. The van der Waals surface area contributed by atoms with Gasteiger partial charge in [0.1, 0.15) is 0 Å². The monoisotopic (exact) mass is 255 g/mol. The highest BCUT2D eigenvalue weighted by molar-refractivity contribution is 9.10. The minimum atomic E-state index is -0.284. The van der Waals surface area contributed by atoms with E-state index in [1.165, 1.54) is 11.3 Å². The Bertz CT molecular complexity index is 351. The van der Waals surface area contributed by atoms with Crippen molar-refractivity contribution in [3.63, 3.8) is 0 Å². The zero-order chi connectivity index (χ0) is 10.3. The van der Waals surface area contributed by atoms with Crippen molar-refractivity contribution in [1.82, 2.24) is 0 Å². The predicted octanol–water partition coefficient (Wildman–Crippen LogP) is 2.36. The van der Waals surface area contributed by atoms with Crippen LogP contribution in [0.15, 0.2) is 22.7 Å². The standard InChI is InChI=1S/C11H14BrNO/c1-7(14)10-6-13(2)11-4-3-8(12)5-9(10)11/h3-5,7,10,14H,6H2,1-2H3. The molecule has 76 valence electrons. The maximum atomic E-state index is 9.67. The van der Waals surface area contributed by atoms with Crippen molar-refractivity contribution in [1.29, 1.82) is 0 Å². The Morgan fingerprint density at radius 2 is 2.29 bits per heavy atom. The van der Waals surface area contributed by atoms with Crippen LogP contribution < -0.4 is 4.90 Å². The minimum absolute atomic E-state index is 0.243. The van der Waals surface area contributed by atoms with Crippen LogP contribution in [0.3, 0.4) is 0 Å². The molecule has 1 heterocycles. The fourth-order valence-electron chi connectivity index (χ4n) is 2.07. The molecule has 2 unspecified atom stereocenters. The Kier molecular flexibility index (Phi) is 2.54. The summed E-state index contributed by atoms with van der Waals surface area (Å²) in [5, 5.41) is 9.67. The molecule has 3 heteroatoms. The molecule has 2 nitrogen and oxygen atoms in total. The second kappa shape index (κ2) is 3.55. The molecule has 0 amide bonds. The summed E-state index contributed by atoms with van der Waals surface area (Å²) in [5.41, 5.74) is 2.48. The highest BCUT2D eigenvalue weighted by atomic mass is 79.9. The van der Waals surface area contributed by atoms with Gasteiger partial charge in [-0.3, -0.25) is 0 Å². The summed E-state index contributed by atoms with van der Waals surface area (Å²) in [6.07, 6.45) is -0.284. The molecule has 1 aliphatic heterocycles. The molecular weight excluding hydrogens is 242 g/mol. The SMILES string of the molecule is CC(O)C1CN(C)c2ccc(Br)cc21. The molecule has 0 aliphatic carbocycles. The summed E-state index contributed by atoms with van der Waals surface area (Å²) in [4.78, 5) is 2.19. The highest BCUT2D eigenvalue weighted by Crippen LogP contribution is 2.38. The second-order valence-corrected chi connectivity index (χ2v) is 4.85. The van der Waals surface area contributed by atoms with Gasteiger partial charge in [-0.1, -0.05) is 15.9 Å². The topological polar surface area (TPSA) is 23.5 Å². The minimum Gasteiger partial charge on any atom is -0.393 e. The van der Waals surface area contributed by atoms with Crippen molar-refractivity contribution in [2.75, 3.05) is 18.5 Å². The number of benzene rings is 1. The Morgan fingerprint density at radius 3 is 2.93 bits per heavy atom. The maximum Gasteiger partial charge on any atom is 0.0598 e. The first-order chi connectivity index (χ1) is 6.59. The molecule has 14 heavy (non-hydrogen) atoms. The second-order valence-electron chi connectivity index (χ2n) is 3.93. The lowest BCUT2D eigenvalue weighted by molar-refractivity contribution is 0.167. The van der Waals surface area contributed by atoms with Crippen LogP contribution in [-0.2, 0) is 0 Å². The smallest absolute Gasteiger partial charge is 0.0598 e. The fourth-order valence-corrected chi connectivity index (χ4v) is 2.45. The lowest BCUT2D eigenvalue weighted by atomic mass is 9.97. The maximum absolute atomic E-state index is 9.67. The molecule has 0 radical (unpaired) electrons. The van der Waals surface area contributed by atoms with E-state index in [-0.39, 0.29) is 12.0 Å². The van der Waals surface area contributed by atoms with Crippen LogP contribution >= 0.6 is 15.9 Å². The fraction of sp³-hybridized carbons (Fsp3) is 0.455. The van der Waals surface area contributed by atoms with Gasteiger partial charge in [0.15, 0.2) is 0 Å². The van der Waals surface area contributed by atoms with E-state index in [9.17, 15) is 5.11 Å². The molecule has 1 aromatic carbocycles. The average molecular weight is 256 g/mol. The molecule has 0 saturated carbocycles. The van der Waals surface area contributed by atoms with Crippen LogP contribution in [0.1, 0.15) is 18.4 Å². The predicted molar refractivity (Wildman–Crippen MR) is 61.8 cm³/mol. The molecule has 1 aromatic rings. The zero-order valence-electron chi connectivity index (χ0n) is 8.37. The van der Waals surface area contributed by atoms with Crippen molar-refractivity contribution >= 4 is 21.6 Å². The van der Waals surface area contributed by atoms with Gasteiger partial charge >= 0.3 is 0 Å². The summed E-state index contributed by atoms with van der Waals surface area (Å²) >= 11 is 3.46. The van der Waals surface area contributed by atoms with Crippen molar-refractivity contribution in [2.45, 2.75) is 18.9 Å². The normalized spacial score (nSPS) is 22.3. The molecule has 2 atom stereocenters. The average Bonchev–Trinajstić information content (AvgIpc) is 2.43. The lowest BCUT2D eigenvalue weighted by Crippen LogP contribution is -2.21. The van der Waals surface area contributed by atoms with Crippen LogP contribution in [0.5, 0.6) is 0 Å². The van der Waals surface area contributed by atoms with Gasteiger partial charge in [-0.2, -0.15) is 0 Å². The molecule has 0 spiro atoms. The first kappa shape index (κ1) is 9.99. The van der Waals surface area contributed by atoms with E-state index in [1.54, 1.807) is 0 Å². The number of hydrogen-bond donors (Lipinski definition) is 1. The van der Waals surface area contributed by atoms with Gasteiger partial charge in [0.25, 0.3) is 0 Å². The number of aliphatic hydroxyl groups is 1. The van der Waals surface area contributed by atoms with Gasteiger partial charge in [0.2, 0.25) is 0 Å². The molecule has 0 fully saturated rings. The number of halogens is 1. The number of hydrogen-bond acceptors (Lipinski definition) is 2. The highest BCUT2D eigenvalue weighted by Gasteiger charge is 2.29. The van der Waals surface area contributed by atoms with E-state index in [4.69, 9.17) is 0 Å². The van der Waals surface area contributed by atoms with Gasteiger partial charge in [0.05, 0.1) is 6.10 Å². The molecule has 0 aromatic heterocycles. The van der Waals surface area contributed by atoms with E-state index in [1.807, 2.05) is 13.0 Å². The molecule has 1 N–H and O–H groups in total. The first-order valence-corrected chi connectivity index (χ1v) is 5.57. The van der Waals surface area contributed by atoms with Crippen molar-refractivity contribution in [2.24, 2.45) is 0 Å². The summed E-state index contributed by atoms with van der Waals surface area (Å²) in [5.74, 6) is 0.243. The Balaban J connectivity index is 2.45. The Labute approximate surface area is 92.7 Å². The van der Waals surface area contributed by atoms with Crippen molar-refractivity contribution < 1.29 is 5.11 Å². The lowest BCUT2D eigenvalue weighted by Gasteiger charge is -2.14. The molecule has 2 rings (SSSR count). The molecular formula is C11H14BrNO. The van der Waals surface area contributed by atoms with Crippen LogP contribution in [0, 0.1) is 0 Å². The molecule has 0 saturated heterocycles. The van der Waals surface area contributed by atoms with Crippen LogP contribution in [0.25, 0.3) is 0 Å². The third-order valence-corrected chi connectivity index (χ3v) is 3.35. The number of fused-ring (bicyclic) bond motifs is 1. The van der Waals surface area contributed by atoms with Gasteiger partial charge in [-0.05, 0) is 30.7 Å². The number of aliphatic hydroxyl groups excluding tert-OH is 1. The summed E-state index contributed by atoms with van der Waals surface area (Å²) in [7, 11) is 2.06. The molecule has 0 bridgehead atoms. The van der Waals surface area contributed by atoms with Crippen LogP contribution in [-0.4, -0.2) is 24.8 Å². The van der Waals surface area contributed by atoms with Crippen molar-refractivity contribution in [3.8, 4) is 0 Å². The summed E-state index contributed by atoms with van der Waals surface area (Å²) in [6.45, 7) is 2.76. The van der Waals surface area contributed by atoms with E-state index in [0.717, 1.165) is 11.0 Å². The largest absolute Gasteiger partial charge is 0.393 e. The summed E-state index contributed by atoms with van der Waals surface area (Å²) < 4.78 is 1.08. The van der Waals surface area contributed by atoms with Crippen LogP contribution in [0.4, 0.5) is 5.69 Å². The van der Waals surface area contributed by atoms with Gasteiger partial charge < -0.3 is 10.0 Å². The van der Waals surface area contributed by atoms with Crippen molar-refractivity contribution in [3.05, 3.63) is 28.2 Å². The summed E-state index contributed by atoms with van der Waals surface area (Å²) in [6, 6.07) is 6.25. The van der Waals surface area contributed by atoms with E-state index in [2.05, 4.69) is 40.0 Å². The van der Waals surface area contributed by atoms with Gasteiger partial charge in [0, 0.05) is 29.7 Å². The zero-order valence-corrected chi connectivity index (χ0v) is 9.95. The number of likely N-dealkylation sites (N-methyl/N-ethyl adjacent to an activating group) is 1. The van der Waals surface area contributed by atoms with Crippen LogP contribution in [0.2, 0.25) is 0 Å². The van der Waals surface area contributed by atoms with Gasteiger partial charge in [-0.15, -0.1) is 0 Å². The first-order valence-electron chi connectivity index (χ1n) is 4.78. The molecule has 1 aliphatic rings. The number of rotatable bonds is 1.